The number of carbonyl (C=O) groups is 2. The lowest BCUT2D eigenvalue weighted by atomic mass is 10.2. The van der Waals surface area contributed by atoms with E-state index in [4.69, 9.17) is 4.74 Å². The number of hydrogen-bond donors (Lipinski definition) is 2. The zero-order valence-corrected chi connectivity index (χ0v) is 13.9. The quantitative estimate of drug-likeness (QED) is 0.843. The molecule has 0 fully saturated rings. The standard InChI is InChI=1S/C15H18N4O3S/c1-4-12(20)16-9(2)13(21)17-15-19-18-14(23-15)10-6-5-7-11(8-10)22-3/h5-9H,4H2,1-3H3,(H,16,20)(H,17,19,21)/t9-/m1/s1. The number of carbonyl (C=O) groups excluding carboxylic acids is 2. The highest BCUT2D eigenvalue weighted by atomic mass is 32.1. The van der Waals surface area contributed by atoms with Crippen LogP contribution in [0.25, 0.3) is 10.6 Å². The fourth-order valence-electron chi connectivity index (χ4n) is 1.77. The van der Waals surface area contributed by atoms with E-state index in [1.54, 1.807) is 21.0 Å². The SMILES string of the molecule is CCC(=O)N[C@H](C)C(=O)Nc1nnc(-c2cccc(OC)c2)s1. The Hall–Kier alpha value is -2.48. The van der Waals surface area contributed by atoms with Gasteiger partial charge in [0.15, 0.2) is 0 Å². The molecule has 2 aromatic rings. The summed E-state index contributed by atoms with van der Waals surface area (Å²) in [5.41, 5.74) is 0.856. The van der Waals surface area contributed by atoms with E-state index in [0.717, 1.165) is 11.3 Å². The minimum Gasteiger partial charge on any atom is -0.497 e. The largest absolute Gasteiger partial charge is 0.497 e. The molecule has 1 aromatic heterocycles. The number of methoxy groups -OCH3 is 1. The molecule has 0 unspecified atom stereocenters. The Balaban J connectivity index is 2.04. The molecule has 2 N–H and O–H groups in total. The molecule has 0 radical (unpaired) electrons. The lowest BCUT2D eigenvalue weighted by Gasteiger charge is -2.11. The number of hydrogen-bond acceptors (Lipinski definition) is 6. The maximum absolute atomic E-state index is 12.0. The van der Waals surface area contributed by atoms with Crippen LogP contribution in [0.1, 0.15) is 20.3 Å². The van der Waals surface area contributed by atoms with Crippen molar-refractivity contribution in [2.24, 2.45) is 0 Å². The molecule has 0 spiro atoms. The third-order valence-electron chi connectivity index (χ3n) is 3.06. The number of aromatic nitrogens is 2. The Morgan fingerprint density at radius 3 is 2.83 bits per heavy atom. The zero-order valence-electron chi connectivity index (χ0n) is 13.1. The zero-order chi connectivity index (χ0) is 16.8. The highest BCUT2D eigenvalue weighted by molar-refractivity contribution is 7.18. The van der Waals surface area contributed by atoms with Gasteiger partial charge in [0, 0.05) is 12.0 Å². The van der Waals surface area contributed by atoms with Crippen LogP contribution in [0.15, 0.2) is 24.3 Å². The van der Waals surface area contributed by atoms with E-state index in [9.17, 15) is 9.59 Å². The molecule has 8 heteroatoms. The predicted octanol–water partition coefficient (Wildman–Crippen LogP) is 2.07. The van der Waals surface area contributed by atoms with Gasteiger partial charge in [-0.1, -0.05) is 30.4 Å². The fourth-order valence-corrected chi connectivity index (χ4v) is 2.51. The van der Waals surface area contributed by atoms with Gasteiger partial charge in [-0.2, -0.15) is 0 Å². The molecule has 0 aliphatic rings. The Kier molecular flexibility index (Phi) is 5.64. The van der Waals surface area contributed by atoms with Crippen molar-refractivity contribution in [2.45, 2.75) is 26.3 Å². The maximum atomic E-state index is 12.0. The summed E-state index contributed by atoms with van der Waals surface area (Å²) in [7, 11) is 1.59. The second kappa shape index (κ2) is 7.68. The van der Waals surface area contributed by atoms with Gasteiger partial charge in [0.05, 0.1) is 7.11 Å². The number of rotatable bonds is 6. The molecule has 2 amide bonds. The molecule has 0 aliphatic heterocycles. The average molecular weight is 334 g/mol. The van der Waals surface area contributed by atoms with Crippen molar-refractivity contribution in [1.29, 1.82) is 0 Å². The van der Waals surface area contributed by atoms with Gasteiger partial charge in [-0.3, -0.25) is 14.9 Å². The van der Waals surface area contributed by atoms with Crippen LogP contribution >= 0.6 is 11.3 Å². The first kappa shape index (κ1) is 16.9. The van der Waals surface area contributed by atoms with Gasteiger partial charge in [0.25, 0.3) is 0 Å². The van der Waals surface area contributed by atoms with Crippen molar-refractivity contribution >= 4 is 28.3 Å². The maximum Gasteiger partial charge on any atom is 0.248 e. The minimum absolute atomic E-state index is 0.179. The first-order valence-electron chi connectivity index (χ1n) is 7.11. The van der Waals surface area contributed by atoms with Crippen molar-refractivity contribution in [3.8, 4) is 16.3 Å². The second-order valence-electron chi connectivity index (χ2n) is 4.78. The van der Waals surface area contributed by atoms with Gasteiger partial charge in [-0.15, -0.1) is 10.2 Å². The molecule has 0 bridgehead atoms. The summed E-state index contributed by atoms with van der Waals surface area (Å²) in [6.07, 6.45) is 0.330. The monoisotopic (exact) mass is 334 g/mol. The predicted molar refractivity (Wildman–Crippen MR) is 88.4 cm³/mol. The summed E-state index contributed by atoms with van der Waals surface area (Å²) >= 11 is 1.25. The number of anilines is 1. The van der Waals surface area contributed by atoms with Gasteiger partial charge in [0.1, 0.15) is 16.8 Å². The summed E-state index contributed by atoms with van der Waals surface area (Å²) in [5.74, 6) is 0.210. The molecule has 122 valence electrons. The van der Waals surface area contributed by atoms with E-state index in [-0.39, 0.29) is 11.8 Å². The van der Waals surface area contributed by atoms with Crippen molar-refractivity contribution < 1.29 is 14.3 Å². The molecule has 1 aromatic carbocycles. The van der Waals surface area contributed by atoms with E-state index in [1.165, 1.54) is 11.3 Å². The highest BCUT2D eigenvalue weighted by Crippen LogP contribution is 2.28. The van der Waals surface area contributed by atoms with Crippen LogP contribution in [0.4, 0.5) is 5.13 Å². The first-order valence-corrected chi connectivity index (χ1v) is 7.93. The van der Waals surface area contributed by atoms with Crippen molar-refractivity contribution in [1.82, 2.24) is 15.5 Å². The Labute approximate surface area is 138 Å². The van der Waals surface area contributed by atoms with Crippen LogP contribution in [0.3, 0.4) is 0 Å². The topological polar surface area (TPSA) is 93.2 Å². The average Bonchev–Trinajstić information content (AvgIpc) is 3.03. The third-order valence-corrected chi connectivity index (χ3v) is 3.95. The molecule has 7 nitrogen and oxygen atoms in total. The highest BCUT2D eigenvalue weighted by Gasteiger charge is 2.17. The van der Waals surface area contributed by atoms with E-state index in [0.29, 0.717) is 16.6 Å². The summed E-state index contributed by atoms with van der Waals surface area (Å²) in [6, 6.07) is 6.79. The van der Waals surface area contributed by atoms with Crippen LogP contribution in [0, 0.1) is 0 Å². The molecule has 2 rings (SSSR count). The molecular formula is C15H18N4O3S. The first-order chi connectivity index (χ1) is 11.0. The van der Waals surface area contributed by atoms with E-state index in [2.05, 4.69) is 20.8 Å². The van der Waals surface area contributed by atoms with Gasteiger partial charge >= 0.3 is 0 Å². The normalized spacial score (nSPS) is 11.6. The van der Waals surface area contributed by atoms with Crippen molar-refractivity contribution in [3.63, 3.8) is 0 Å². The van der Waals surface area contributed by atoms with Gasteiger partial charge in [0.2, 0.25) is 16.9 Å². The molecule has 1 atom stereocenters. The lowest BCUT2D eigenvalue weighted by molar-refractivity contribution is -0.125. The second-order valence-corrected chi connectivity index (χ2v) is 5.75. The third kappa shape index (κ3) is 4.49. The summed E-state index contributed by atoms with van der Waals surface area (Å²) < 4.78 is 5.17. The van der Waals surface area contributed by atoms with E-state index < -0.39 is 6.04 Å². The van der Waals surface area contributed by atoms with Crippen LogP contribution in [-0.4, -0.2) is 35.2 Å². The van der Waals surface area contributed by atoms with Crippen molar-refractivity contribution in [3.05, 3.63) is 24.3 Å². The molecular weight excluding hydrogens is 316 g/mol. The van der Waals surface area contributed by atoms with Crippen LogP contribution in [0.2, 0.25) is 0 Å². The van der Waals surface area contributed by atoms with Crippen LogP contribution in [-0.2, 0) is 9.59 Å². The summed E-state index contributed by atoms with van der Waals surface area (Å²) in [6.45, 7) is 3.35. The Morgan fingerprint density at radius 1 is 1.35 bits per heavy atom. The number of nitrogens with one attached hydrogen (secondary N) is 2. The number of amides is 2. The fraction of sp³-hybridized carbons (Fsp3) is 0.333. The molecule has 23 heavy (non-hydrogen) atoms. The molecule has 0 aliphatic carbocycles. The van der Waals surface area contributed by atoms with E-state index >= 15 is 0 Å². The Bertz CT molecular complexity index is 702. The summed E-state index contributed by atoms with van der Waals surface area (Å²) in [4.78, 5) is 23.3. The molecule has 0 saturated heterocycles. The van der Waals surface area contributed by atoms with Crippen molar-refractivity contribution in [2.75, 3.05) is 12.4 Å². The van der Waals surface area contributed by atoms with Gasteiger partial charge in [-0.05, 0) is 19.1 Å². The number of nitrogens with zero attached hydrogens (tertiary/aromatic N) is 2. The van der Waals surface area contributed by atoms with Gasteiger partial charge in [-0.25, -0.2) is 0 Å². The molecule has 1 heterocycles. The number of ether oxygens (including phenoxy) is 1. The van der Waals surface area contributed by atoms with Crippen LogP contribution < -0.4 is 15.4 Å². The van der Waals surface area contributed by atoms with Crippen LogP contribution in [0.5, 0.6) is 5.75 Å². The Morgan fingerprint density at radius 2 is 2.13 bits per heavy atom. The smallest absolute Gasteiger partial charge is 0.248 e. The van der Waals surface area contributed by atoms with Gasteiger partial charge < -0.3 is 10.1 Å². The lowest BCUT2D eigenvalue weighted by Crippen LogP contribution is -2.41. The number of benzene rings is 1. The summed E-state index contributed by atoms with van der Waals surface area (Å²) in [5, 5.41) is 14.3. The van der Waals surface area contributed by atoms with E-state index in [1.807, 2.05) is 24.3 Å². The minimum atomic E-state index is -0.633. The molecule has 0 saturated carbocycles.